The molecule has 0 spiro atoms. The molecular weight excluding hydrogens is 416 g/mol. The van der Waals surface area contributed by atoms with Gasteiger partial charge in [-0.1, -0.05) is 63.1 Å². The Kier molecular flexibility index (Phi) is 6.48. The Morgan fingerprint density at radius 3 is 2.22 bits per heavy atom. The van der Waals surface area contributed by atoms with E-state index in [1.807, 2.05) is 29.9 Å². The van der Waals surface area contributed by atoms with Crippen molar-refractivity contribution in [3.8, 4) is 11.3 Å². The van der Waals surface area contributed by atoms with Crippen molar-refractivity contribution in [2.75, 3.05) is 0 Å². The third-order valence-corrected chi connectivity index (χ3v) is 4.29. The largest absolute Gasteiger partial charge is 0.208 e. The monoisotopic (exact) mass is 433 g/mol. The summed E-state index contributed by atoms with van der Waals surface area (Å²) < 4.78 is 3.11. The summed E-state index contributed by atoms with van der Waals surface area (Å²) in [7, 11) is 2.02. The minimum atomic E-state index is 0. The van der Waals surface area contributed by atoms with E-state index in [-0.39, 0.29) is 17.0 Å². The first-order valence-corrected chi connectivity index (χ1v) is 8.18. The summed E-state index contributed by atoms with van der Waals surface area (Å²) in [5, 5.41) is 4.68. The molecule has 0 bridgehead atoms. The number of hydrogen-bond donors (Lipinski definition) is 0. The van der Waals surface area contributed by atoms with Crippen molar-refractivity contribution >= 4 is 32.9 Å². The van der Waals surface area contributed by atoms with Crippen LogP contribution in [0.5, 0.6) is 0 Å². The van der Waals surface area contributed by atoms with Crippen LogP contribution in [-0.2, 0) is 19.9 Å². The molecule has 1 aromatic heterocycles. The zero-order valence-electron chi connectivity index (χ0n) is 12.9. The van der Waals surface area contributed by atoms with Gasteiger partial charge in [-0.25, -0.2) is 0 Å². The van der Waals surface area contributed by atoms with Gasteiger partial charge in [-0.3, -0.25) is 0 Å². The van der Waals surface area contributed by atoms with Crippen LogP contribution in [-0.4, -0.2) is 5.10 Å². The molecule has 3 aromatic rings. The Labute approximate surface area is 156 Å². The average Bonchev–Trinajstić information content (AvgIpc) is 2.56. The maximum absolute atomic E-state index is 4.68. The zero-order valence-corrected chi connectivity index (χ0v) is 16.2. The summed E-state index contributed by atoms with van der Waals surface area (Å²) in [5.74, 6) is 0. The summed E-state index contributed by atoms with van der Waals surface area (Å²) in [5.41, 5.74) is 4.74. The van der Waals surface area contributed by atoms with E-state index in [4.69, 9.17) is 0 Å². The van der Waals surface area contributed by atoms with Crippen LogP contribution in [0.4, 0.5) is 0 Å². The molecule has 2 aromatic carbocycles. The second-order valence-electron chi connectivity index (χ2n) is 5.33. The second-order valence-corrected chi connectivity index (χ2v) is 6.24. The predicted octanol–water partition coefficient (Wildman–Crippen LogP) is 4.70. The molecule has 0 N–H and O–H groups in total. The highest BCUT2D eigenvalue weighted by Crippen LogP contribution is 2.15. The highest BCUT2D eigenvalue weighted by Gasteiger charge is 2.11. The lowest BCUT2D eigenvalue weighted by atomic mass is 10.1. The van der Waals surface area contributed by atoms with Crippen molar-refractivity contribution in [1.29, 1.82) is 0 Å². The molecule has 118 valence electrons. The van der Waals surface area contributed by atoms with Crippen LogP contribution >= 0.6 is 32.9 Å². The Bertz CT molecular complexity index is 756. The van der Waals surface area contributed by atoms with Gasteiger partial charge in [0.1, 0.15) is 5.69 Å². The Hall–Kier alpha value is -1.52. The quantitative estimate of drug-likeness (QED) is 0.544. The molecule has 0 aliphatic carbocycles. The zero-order chi connectivity index (χ0) is 15.4. The first-order valence-electron chi connectivity index (χ1n) is 7.38. The van der Waals surface area contributed by atoms with Crippen LogP contribution in [0.15, 0.2) is 71.2 Å². The van der Waals surface area contributed by atoms with Crippen LogP contribution in [0.2, 0.25) is 0 Å². The van der Waals surface area contributed by atoms with Crippen molar-refractivity contribution in [3.63, 3.8) is 0 Å². The molecule has 3 rings (SSSR count). The smallest absolute Gasteiger partial charge is 0.114 e. The summed E-state index contributed by atoms with van der Waals surface area (Å²) in [6.07, 6.45) is 2.01. The van der Waals surface area contributed by atoms with Gasteiger partial charge in [-0.15, -0.1) is 17.0 Å². The minimum Gasteiger partial charge on any atom is -0.114 e. The molecule has 2 nitrogen and oxygen atoms in total. The number of aromatic nitrogens is 2. The van der Waals surface area contributed by atoms with Crippen molar-refractivity contribution in [1.82, 2.24) is 5.10 Å². The lowest BCUT2D eigenvalue weighted by Gasteiger charge is -2.03. The van der Waals surface area contributed by atoms with Gasteiger partial charge < -0.3 is 0 Å². The van der Waals surface area contributed by atoms with Gasteiger partial charge >= 0.3 is 0 Å². The number of halogens is 2. The third kappa shape index (κ3) is 4.72. The molecule has 0 fully saturated rings. The first-order chi connectivity index (χ1) is 10.7. The van der Waals surface area contributed by atoms with Gasteiger partial charge in [-0.05, 0) is 30.2 Å². The molecule has 0 saturated carbocycles. The summed E-state index contributed by atoms with van der Waals surface area (Å²) in [6, 6.07) is 23.1. The maximum Gasteiger partial charge on any atom is 0.208 e. The molecule has 1 heterocycles. The predicted molar refractivity (Wildman–Crippen MR) is 103 cm³/mol. The molecule has 0 atom stereocenters. The van der Waals surface area contributed by atoms with E-state index in [9.17, 15) is 0 Å². The topological polar surface area (TPSA) is 16.8 Å². The van der Waals surface area contributed by atoms with Gasteiger partial charge in [0.15, 0.2) is 7.05 Å². The summed E-state index contributed by atoms with van der Waals surface area (Å²) >= 11 is 3.47. The van der Waals surface area contributed by atoms with Gasteiger partial charge in [0.05, 0.1) is 0 Å². The second kappa shape index (κ2) is 8.37. The van der Waals surface area contributed by atoms with Gasteiger partial charge in [0.2, 0.25) is 5.69 Å². The van der Waals surface area contributed by atoms with E-state index < -0.39 is 0 Å². The van der Waals surface area contributed by atoms with Crippen LogP contribution in [0, 0.1) is 0 Å². The van der Waals surface area contributed by atoms with E-state index in [1.165, 1.54) is 11.3 Å². The van der Waals surface area contributed by atoms with Crippen molar-refractivity contribution in [2.45, 2.75) is 12.8 Å². The number of aryl methyl sites for hydroxylation is 3. The lowest BCUT2D eigenvalue weighted by molar-refractivity contribution is -0.736. The molecule has 0 amide bonds. The SMILES string of the molecule is Br.C[n+]1nc(-c2ccccc2)ccc1CCc1ccc(Br)cc1. The normalized spacial score (nSPS) is 10.2. The Morgan fingerprint density at radius 2 is 1.57 bits per heavy atom. The molecule has 0 aliphatic rings. The number of benzene rings is 2. The summed E-state index contributed by atoms with van der Waals surface area (Å²) in [4.78, 5) is 0. The van der Waals surface area contributed by atoms with Crippen LogP contribution in [0.3, 0.4) is 0 Å². The third-order valence-electron chi connectivity index (χ3n) is 3.76. The molecule has 0 radical (unpaired) electrons. The molecular formula is C19H19Br2N2+. The maximum atomic E-state index is 4.68. The summed E-state index contributed by atoms with van der Waals surface area (Å²) in [6.45, 7) is 0. The van der Waals surface area contributed by atoms with Crippen molar-refractivity contribution in [3.05, 3.63) is 82.5 Å². The van der Waals surface area contributed by atoms with E-state index in [2.05, 4.69) is 69.6 Å². The molecule has 0 saturated heterocycles. The lowest BCUT2D eigenvalue weighted by Crippen LogP contribution is -2.38. The highest BCUT2D eigenvalue weighted by molar-refractivity contribution is 9.10. The average molecular weight is 435 g/mol. The van der Waals surface area contributed by atoms with Crippen LogP contribution in [0.25, 0.3) is 11.3 Å². The van der Waals surface area contributed by atoms with Crippen LogP contribution in [0.1, 0.15) is 11.3 Å². The van der Waals surface area contributed by atoms with Crippen molar-refractivity contribution < 1.29 is 4.68 Å². The fourth-order valence-corrected chi connectivity index (χ4v) is 2.74. The van der Waals surface area contributed by atoms with Gasteiger partial charge in [0, 0.05) is 27.6 Å². The molecule has 0 unspecified atom stereocenters. The number of hydrogen-bond acceptors (Lipinski definition) is 1. The fraction of sp³-hybridized carbons (Fsp3) is 0.158. The molecule has 0 aliphatic heterocycles. The van der Waals surface area contributed by atoms with Crippen LogP contribution < -0.4 is 4.68 Å². The van der Waals surface area contributed by atoms with Gasteiger partial charge in [0.25, 0.3) is 0 Å². The Morgan fingerprint density at radius 1 is 0.870 bits per heavy atom. The first kappa shape index (κ1) is 17.8. The van der Waals surface area contributed by atoms with E-state index in [0.717, 1.165) is 28.6 Å². The molecule has 4 heteroatoms. The van der Waals surface area contributed by atoms with Crippen molar-refractivity contribution in [2.24, 2.45) is 7.05 Å². The van der Waals surface area contributed by atoms with E-state index in [1.54, 1.807) is 0 Å². The number of rotatable bonds is 4. The number of nitrogens with zero attached hydrogens (tertiary/aromatic N) is 2. The highest BCUT2D eigenvalue weighted by atomic mass is 79.9. The van der Waals surface area contributed by atoms with Gasteiger partial charge in [-0.2, -0.15) is 0 Å². The minimum absolute atomic E-state index is 0. The van der Waals surface area contributed by atoms with E-state index in [0.29, 0.717) is 0 Å². The standard InChI is InChI=1S/C19H18BrN2.BrH/c1-22-18(12-9-15-7-10-17(20)11-8-15)13-14-19(21-22)16-5-3-2-4-6-16;/h2-8,10-11,13-14H,9,12H2,1H3;1H/q+1;. The molecule has 23 heavy (non-hydrogen) atoms. The Balaban J connectivity index is 0.00000192. The van der Waals surface area contributed by atoms with E-state index >= 15 is 0 Å². The fourth-order valence-electron chi connectivity index (χ4n) is 2.47.